The number of likely N-dealkylation sites (tertiary alicyclic amines) is 1. The third kappa shape index (κ3) is 4.78. The molecule has 9 nitrogen and oxygen atoms in total. The van der Waals surface area contributed by atoms with Crippen molar-refractivity contribution in [2.75, 3.05) is 19.0 Å². The molecule has 1 saturated heterocycles. The van der Waals surface area contributed by atoms with Gasteiger partial charge in [0.2, 0.25) is 11.8 Å². The van der Waals surface area contributed by atoms with E-state index in [0.29, 0.717) is 17.7 Å². The maximum Gasteiger partial charge on any atom is 0.337 e. The Kier molecular flexibility index (Phi) is 7.56. The SMILES string of the molecule is CCCC[C@H](C(=O)OCC(=O)Nc1ccc(C(=O)OC)cc1)N1C(=O)[C@@H]2C3c4ccccc4C(c4ccccc43)[C@H]2C1=O. The average molecular weight is 581 g/mol. The van der Waals surface area contributed by atoms with Gasteiger partial charge in [0.05, 0.1) is 24.5 Å². The summed E-state index contributed by atoms with van der Waals surface area (Å²) >= 11 is 0. The molecular weight excluding hydrogens is 548 g/mol. The minimum absolute atomic E-state index is 0.248. The number of nitrogens with zero attached hydrogens (tertiary/aromatic N) is 1. The second-order valence-corrected chi connectivity index (χ2v) is 11.2. The summed E-state index contributed by atoms with van der Waals surface area (Å²) in [6.45, 7) is 1.37. The molecule has 3 aromatic carbocycles. The summed E-state index contributed by atoms with van der Waals surface area (Å²) in [4.78, 5) is 67.1. The molecule has 2 bridgehead atoms. The predicted octanol–water partition coefficient (Wildman–Crippen LogP) is 4.41. The van der Waals surface area contributed by atoms with Crippen LogP contribution in [-0.2, 0) is 28.7 Å². The smallest absolute Gasteiger partial charge is 0.337 e. The number of esters is 2. The second kappa shape index (κ2) is 11.5. The van der Waals surface area contributed by atoms with Gasteiger partial charge in [0.1, 0.15) is 6.04 Å². The Morgan fingerprint density at radius 2 is 1.33 bits per heavy atom. The van der Waals surface area contributed by atoms with Crippen molar-refractivity contribution in [3.63, 3.8) is 0 Å². The summed E-state index contributed by atoms with van der Waals surface area (Å²) in [6, 6.07) is 20.9. The van der Waals surface area contributed by atoms with E-state index in [1.165, 1.54) is 31.4 Å². The van der Waals surface area contributed by atoms with Crippen LogP contribution in [0.15, 0.2) is 72.8 Å². The standard InChI is InChI=1S/C34H32N2O7/c1-3-4-13-25(34(41)43-18-26(37)35-20-16-14-19(15-17-20)33(40)42-2)36-31(38)29-27-21-9-5-6-10-22(21)28(30(29)32(36)39)24-12-8-7-11-23(24)27/h5-12,14-17,25,27-30H,3-4,13,18H2,1-2H3,(H,35,37)/t25-,27?,28?,29-,30-/m1/s1. The van der Waals surface area contributed by atoms with Crippen molar-refractivity contribution in [2.24, 2.45) is 11.8 Å². The Balaban J connectivity index is 1.21. The lowest BCUT2D eigenvalue weighted by Crippen LogP contribution is -2.47. The summed E-state index contributed by atoms with van der Waals surface area (Å²) in [5, 5.41) is 2.62. The number of rotatable bonds is 9. The van der Waals surface area contributed by atoms with Crippen LogP contribution in [0, 0.1) is 11.8 Å². The molecule has 3 atom stereocenters. The highest BCUT2D eigenvalue weighted by Crippen LogP contribution is 2.61. The molecule has 1 heterocycles. The summed E-state index contributed by atoms with van der Waals surface area (Å²) in [5.41, 5.74) is 4.95. The van der Waals surface area contributed by atoms with Crippen LogP contribution in [0.1, 0.15) is 70.6 Å². The largest absolute Gasteiger partial charge is 0.465 e. The third-order valence-electron chi connectivity index (χ3n) is 8.83. The molecule has 9 heteroatoms. The zero-order valence-corrected chi connectivity index (χ0v) is 23.9. The lowest BCUT2D eigenvalue weighted by molar-refractivity contribution is -0.160. The van der Waals surface area contributed by atoms with Crippen LogP contribution >= 0.6 is 0 Å². The Hall–Kier alpha value is -4.79. The molecule has 1 N–H and O–H groups in total. The Morgan fingerprint density at radius 3 is 1.79 bits per heavy atom. The summed E-state index contributed by atoms with van der Waals surface area (Å²) in [7, 11) is 1.28. The van der Waals surface area contributed by atoms with E-state index in [-0.39, 0.29) is 30.1 Å². The molecule has 1 aliphatic heterocycles. The van der Waals surface area contributed by atoms with Gasteiger partial charge in [-0.05, 0) is 52.9 Å². The van der Waals surface area contributed by atoms with E-state index < -0.39 is 42.3 Å². The zero-order chi connectivity index (χ0) is 30.2. The van der Waals surface area contributed by atoms with Gasteiger partial charge in [-0.1, -0.05) is 68.3 Å². The van der Waals surface area contributed by atoms with Crippen molar-refractivity contribution in [1.82, 2.24) is 4.90 Å². The molecule has 0 unspecified atom stereocenters. The number of methoxy groups -OCH3 is 1. The lowest BCUT2D eigenvalue weighted by atomic mass is 9.55. The van der Waals surface area contributed by atoms with Crippen molar-refractivity contribution in [1.29, 1.82) is 0 Å². The Labute approximate surface area is 249 Å². The van der Waals surface area contributed by atoms with E-state index in [1.807, 2.05) is 55.5 Å². The molecular formula is C34H32N2O7. The highest BCUT2D eigenvalue weighted by Gasteiger charge is 2.63. The lowest BCUT2D eigenvalue weighted by Gasteiger charge is -2.45. The first-order valence-corrected chi connectivity index (χ1v) is 14.5. The number of amides is 3. The third-order valence-corrected chi connectivity index (χ3v) is 8.83. The first kappa shape index (κ1) is 28.3. The number of carbonyl (C=O) groups is 5. The fourth-order valence-electron chi connectivity index (χ4n) is 6.99. The highest BCUT2D eigenvalue weighted by atomic mass is 16.5. The number of benzene rings is 3. The quantitative estimate of drug-likeness (QED) is 0.294. The number of ether oxygens (including phenoxy) is 2. The molecule has 220 valence electrons. The zero-order valence-electron chi connectivity index (χ0n) is 23.9. The van der Waals surface area contributed by atoms with E-state index >= 15 is 0 Å². The fourth-order valence-corrected chi connectivity index (χ4v) is 6.99. The van der Waals surface area contributed by atoms with Crippen LogP contribution in [0.3, 0.4) is 0 Å². The van der Waals surface area contributed by atoms with Gasteiger partial charge in [0.25, 0.3) is 5.91 Å². The molecule has 3 aromatic rings. The van der Waals surface area contributed by atoms with Crippen LogP contribution in [0.25, 0.3) is 0 Å². The van der Waals surface area contributed by atoms with E-state index in [0.717, 1.165) is 33.6 Å². The van der Waals surface area contributed by atoms with Crippen LogP contribution < -0.4 is 5.32 Å². The minimum atomic E-state index is -1.12. The molecule has 0 radical (unpaired) electrons. The van der Waals surface area contributed by atoms with Crippen LogP contribution in [0.5, 0.6) is 0 Å². The average Bonchev–Trinajstić information content (AvgIpc) is 3.30. The monoisotopic (exact) mass is 580 g/mol. The van der Waals surface area contributed by atoms with Gasteiger partial charge in [-0.2, -0.15) is 0 Å². The highest BCUT2D eigenvalue weighted by molar-refractivity contribution is 6.10. The van der Waals surface area contributed by atoms with E-state index in [1.54, 1.807) is 0 Å². The molecule has 3 aliphatic carbocycles. The number of imide groups is 1. The van der Waals surface area contributed by atoms with Crippen LogP contribution in [-0.4, -0.2) is 54.3 Å². The predicted molar refractivity (Wildman–Crippen MR) is 156 cm³/mol. The number of carbonyl (C=O) groups excluding carboxylic acids is 5. The number of nitrogens with one attached hydrogen (secondary N) is 1. The summed E-state index contributed by atoms with van der Waals surface area (Å²) < 4.78 is 10.1. The van der Waals surface area contributed by atoms with E-state index in [4.69, 9.17) is 4.74 Å². The van der Waals surface area contributed by atoms with E-state index in [9.17, 15) is 24.0 Å². The van der Waals surface area contributed by atoms with Crippen molar-refractivity contribution in [3.8, 4) is 0 Å². The fraction of sp³-hybridized carbons (Fsp3) is 0.324. The topological polar surface area (TPSA) is 119 Å². The number of anilines is 1. The first-order chi connectivity index (χ1) is 20.8. The number of hydrogen-bond acceptors (Lipinski definition) is 7. The Bertz CT molecular complexity index is 1500. The van der Waals surface area contributed by atoms with Gasteiger partial charge in [0, 0.05) is 17.5 Å². The molecule has 3 amide bonds. The van der Waals surface area contributed by atoms with Crippen molar-refractivity contribution in [3.05, 3.63) is 101 Å². The molecule has 43 heavy (non-hydrogen) atoms. The molecule has 0 aromatic heterocycles. The first-order valence-electron chi connectivity index (χ1n) is 14.5. The molecule has 7 rings (SSSR count). The van der Waals surface area contributed by atoms with Crippen molar-refractivity contribution in [2.45, 2.75) is 44.1 Å². The van der Waals surface area contributed by atoms with Crippen molar-refractivity contribution < 1.29 is 33.4 Å². The molecule has 4 aliphatic rings. The maximum absolute atomic E-state index is 14.1. The van der Waals surface area contributed by atoms with Crippen LogP contribution in [0.2, 0.25) is 0 Å². The summed E-state index contributed by atoms with van der Waals surface area (Å²) in [6.07, 6.45) is 1.59. The van der Waals surface area contributed by atoms with Gasteiger partial charge in [-0.15, -0.1) is 0 Å². The normalized spacial score (nSPS) is 21.9. The van der Waals surface area contributed by atoms with Crippen LogP contribution in [0.4, 0.5) is 5.69 Å². The van der Waals surface area contributed by atoms with Gasteiger partial charge < -0.3 is 14.8 Å². The van der Waals surface area contributed by atoms with Gasteiger partial charge in [-0.25, -0.2) is 9.59 Å². The van der Waals surface area contributed by atoms with Gasteiger partial charge in [-0.3, -0.25) is 19.3 Å². The van der Waals surface area contributed by atoms with Gasteiger partial charge >= 0.3 is 11.9 Å². The van der Waals surface area contributed by atoms with Crippen molar-refractivity contribution >= 4 is 35.3 Å². The number of unbranched alkanes of at least 4 members (excludes halogenated alkanes) is 1. The maximum atomic E-state index is 14.1. The minimum Gasteiger partial charge on any atom is -0.465 e. The second-order valence-electron chi connectivity index (χ2n) is 11.2. The molecule has 0 spiro atoms. The van der Waals surface area contributed by atoms with Gasteiger partial charge in [0.15, 0.2) is 6.61 Å². The summed E-state index contributed by atoms with van der Waals surface area (Å²) in [5.74, 6) is -4.35. The van der Waals surface area contributed by atoms with E-state index in [2.05, 4.69) is 10.1 Å². The Morgan fingerprint density at radius 1 is 0.814 bits per heavy atom. The molecule has 1 fully saturated rings. The molecule has 0 saturated carbocycles. The number of hydrogen-bond donors (Lipinski definition) is 1.